The van der Waals surface area contributed by atoms with E-state index in [1.807, 2.05) is 36.1 Å². The van der Waals surface area contributed by atoms with Gasteiger partial charge in [-0.25, -0.2) is 0 Å². The summed E-state index contributed by atoms with van der Waals surface area (Å²) in [4.78, 5) is 20.4. The van der Waals surface area contributed by atoms with E-state index in [9.17, 15) is 10.1 Å². The number of para-hydroxylation sites is 1. The molecule has 0 unspecified atom stereocenters. The number of amides is 1. The molecular weight excluding hydrogens is 436 g/mol. The van der Waals surface area contributed by atoms with Crippen LogP contribution >= 0.6 is 0 Å². The molecule has 34 heavy (non-hydrogen) atoms. The van der Waals surface area contributed by atoms with Gasteiger partial charge in [-0.2, -0.15) is 10.2 Å². The second-order valence-electron chi connectivity index (χ2n) is 7.86. The van der Waals surface area contributed by atoms with Crippen LogP contribution in [0.25, 0.3) is 11.7 Å². The van der Waals surface area contributed by atoms with Gasteiger partial charge in [0.2, 0.25) is 11.6 Å². The van der Waals surface area contributed by atoms with E-state index in [1.54, 1.807) is 29.2 Å². The van der Waals surface area contributed by atoms with Crippen molar-refractivity contribution < 1.29 is 22.8 Å². The van der Waals surface area contributed by atoms with Gasteiger partial charge >= 0.3 is 0 Å². The van der Waals surface area contributed by atoms with Crippen LogP contribution in [0.2, 0.25) is 0 Å². The van der Waals surface area contributed by atoms with Crippen LogP contribution in [-0.4, -0.2) is 42.0 Å². The SMILES string of the molecule is Cc1ccccc1OCc1ccc(-c2nc(C#N)c(N3CCN(C(=O)c4ccco4)CC3)o2)o1. The minimum atomic E-state index is -0.153. The Kier molecular flexibility index (Phi) is 5.79. The van der Waals surface area contributed by atoms with Gasteiger partial charge in [0.15, 0.2) is 11.5 Å². The zero-order valence-corrected chi connectivity index (χ0v) is 18.6. The summed E-state index contributed by atoms with van der Waals surface area (Å²) in [7, 11) is 0. The van der Waals surface area contributed by atoms with Gasteiger partial charge in [0.25, 0.3) is 11.8 Å². The molecule has 4 aromatic rings. The number of aryl methyl sites for hydroxylation is 1. The van der Waals surface area contributed by atoms with Gasteiger partial charge in [-0.1, -0.05) is 18.2 Å². The lowest BCUT2D eigenvalue weighted by Gasteiger charge is -2.34. The number of nitrogens with zero attached hydrogens (tertiary/aromatic N) is 4. The zero-order valence-electron chi connectivity index (χ0n) is 18.6. The highest BCUT2D eigenvalue weighted by molar-refractivity contribution is 5.91. The number of nitriles is 1. The molecule has 1 saturated heterocycles. The van der Waals surface area contributed by atoms with Gasteiger partial charge in [-0.05, 0) is 42.8 Å². The van der Waals surface area contributed by atoms with Gasteiger partial charge < -0.3 is 27.8 Å². The van der Waals surface area contributed by atoms with Crippen molar-refractivity contribution >= 4 is 11.8 Å². The number of anilines is 1. The molecule has 1 fully saturated rings. The third-order valence-corrected chi connectivity index (χ3v) is 5.64. The van der Waals surface area contributed by atoms with Crippen LogP contribution in [0.1, 0.15) is 27.6 Å². The fourth-order valence-electron chi connectivity index (χ4n) is 3.81. The number of piperazine rings is 1. The van der Waals surface area contributed by atoms with Gasteiger partial charge in [0, 0.05) is 26.2 Å². The predicted molar refractivity (Wildman–Crippen MR) is 121 cm³/mol. The fourth-order valence-corrected chi connectivity index (χ4v) is 3.81. The molecule has 1 amide bonds. The monoisotopic (exact) mass is 458 g/mol. The third-order valence-electron chi connectivity index (χ3n) is 5.64. The number of ether oxygens (including phenoxy) is 1. The molecule has 0 spiro atoms. The summed E-state index contributed by atoms with van der Waals surface area (Å²) in [6, 6.07) is 16.7. The average molecular weight is 458 g/mol. The van der Waals surface area contributed by atoms with Gasteiger partial charge in [0.05, 0.1) is 6.26 Å². The predicted octanol–water partition coefficient (Wildman–Crippen LogP) is 4.25. The molecular formula is C25H22N4O5. The molecule has 4 heterocycles. The molecule has 1 aliphatic heterocycles. The maximum absolute atomic E-state index is 12.5. The molecule has 0 aliphatic carbocycles. The first kappa shape index (κ1) is 21.4. The van der Waals surface area contributed by atoms with Gasteiger partial charge in [0.1, 0.15) is 24.2 Å². The number of hydrogen-bond acceptors (Lipinski definition) is 8. The van der Waals surface area contributed by atoms with Crippen molar-refractivity contribution in [2.75, 3.05) is 31.1 Å². The summed E-state index contributed by atoms with van der Waals surface area (Å²) in [5.41, 5.74) is 1.21. The highest BCUT2D eigenvalue weighted by Crippen LogP contribution is 2.30. The Bertz CT molecular complexity index is 1320. The molecule has 0 N–H and O–H groups in total. The zero-order chi connectivity index (χ0) is 23.5. The van der Waals surface area contributed by atoms with Crippen LogP contribution in [0.4, 0.5) is 5.88 Å². The molecule has 0 saturated carbocycles. The topological polar surface area (TPSA) is 109 Å². The molecule has 172 valence electrons. The lowest BCUT2D eigenvalue weighted by Crippen LogP contribution is -2.48. The van der Waals surface area contributed by atoms with Gasteiger partial charge in [-0.15, -0.1) is 0 Å². The van der Waals surface area contributed by atoms with Crippen molar-refractivity contribution in [1.29, 1.82) is 5.26 Å². The summed E-state index contributed by atoms with van der Waals surface area (Å²) in [6.45, 7) is 4.19. The van der Waals surface area contributed by atoms with E-state index < -0.39 is 0 Å². The van der Waals surface area contributed by atoms with Crippen LogP contribution in [0.15, 0.2) is 68.0 Å². The van der Waals surface area contributed by atoms with Crippen molar-refractivity contribution in [3.63, 3.8) is 0 Å². The Morgan fingerprint density at radius 3 is 2.65 bits per heavy atom. The van der Waals surface area contributed by atoms with Crippen molar-refractivity contribution in [2.24, 2.45) is 0 Å². The number of furan rings is 2. The second kappa shape index (κ2) is 9.19. The Morgan fingerprint density at radius 1 is 1.09 bits per heavy atom. The lowest BCUT2D eigenvalue weighted by molar-refractivity contribution is 0.0713. The maximum Gasteiger partial charge on any atom is 0.289 e. The number of aromatic nitrogens is 1. The van der Waals surface area contributed by atoms with Crippen molar-refractivity contribution in [1.82, 2.24) is 9.88 Å². The van der Waals surface area contributed by atoms with E-state index >= 15 is 0 Å². The smallest absolute Gasteiger partial charge is 0.289 e. The summed E-state index contributed by atoms with van der Waals surface area (Å²) >= 11 is 0. The largest absolute Gasteiger partial charge is 0.485 e. The maximum atomic E-state index is 12.5. The van der Waals surface area contributed by atoms with E-state index in [2.05, 4.69) is 11.1 Å². The number of carbonyl (C=O) groups is 1. The molecule has 9 heteroatoms. The highest BCUT2D eigenvalue weighted by Gasteiger charge is 2.28. The Morgan fingerprint density at radius 2 is 1.91 bits per heavy atom. The Hall–Kier alpha value is -4.45. The van der Waals surface area contributed by atoms with E-state index in [-0.39, 0.29) is 24.1 Å². The molecule has 0 bridgehead atoms. The first-order valence-electron chi connectivity index (χ1n) is 10.9. The minimum absolute atomic E-state index is 0.153. The highest BCUT2D eigenvalue weighted by atomic mass is 16.5. The van der Waals surface area contributed by atoms with Crippen LogP contribution < -0.4 is 9.64 Å². The second-order valence-corrected chi connectivity index (χ2v) is 7.86. The summed E-state index contributed by atoms with van der Waals surface area (Å²) in [5.74, 6) is 2.57. The summed E-state index contributed by atoms with van der Waals surface area (Å²) < 4.78 is 22.8. The molecule has 9 nitrogen and oxygen atoms in total. The molecule has 1 aliphatic rings. The third kappa shape index (κ3) is 4.26. The Labute approximate surface area is 195 Å². The minimum Gasteiger partial charge on any atom is -0.485 e. The molecule has 0 atom stereocenters. The number of carbonyl (C=O) groups excluding carboxylic acids is 1. The first-order chi connectivity index (χ1) is 16.6. The van der Waals surface area contributed by atoms with E-state index in [1.165, 1.54) is 6.26 Å². The lowest BCUT2D eigenvalue weighted by atomic mass is 10.2. The number of oxazole rings is 1. The molecule has 0 radical (unpaired) electrons. The van der Waals surface area contributed by atoms with Crippen LogP contribution in [-0.2, 0) is 6.61 Å². The van der Waals surface area contributed by atoms with Gasteiger partial charge in [-0.3, -0.25) is 4.79 Å². The van der Waals surface area contributed by atoms with Crippen molar-refractivity contribution in [2.45, 2.75) is 13.5 Å². The fraction of sp³-hybridized carbons (Fsp3) is 0.240. The molecule has 1 aromatic carbocycles. The number of benzene rings is 1. The van der Waals surface area contributed by atoms with E-state index in [0.29, 0.717) is 49.3 Å². The van der Waals surface area contributed by atoms with Crippen molar-refractivity contribution in [3.8, 4) is 23.5 Å². The number of hydrogen-bond donors (Lipinski definition) is 0. The summed E-state index contributed by atoms with van der Waals surface area (Å²) in [5, 5.41) is 9.59. The van der Waals surface area contributed by atoms with Crippen molar-refractivity contribution in [3.05, 3.63) is 77.6 Å². The van der Waals surface area contributed by atoms with E-state index in [0.717, 1.165) is 11.3 Å². The number of rotatable bonds is 6. The average Bonchev–Trinajstić information content (AvgIpc) is 3.64. The first-order valence-corrected chi connectivity index (χ1v) is 10.9. The van der Waals surface area contributed by atoms with E-state index in [4.69, 9.17) is 18.0 Å². The summed E-state index contributed by atoms with van der Waals surface area (Å²) in [6.07, 6.45) is 1.48. The standard InChI is InChI=1S/C25H22N4O5/c1-17-5-2-3-6-20(17)32-16-18-8-9-21(33-18)23-27-19(15-26)25(34-23)29-12-10-28(11-13-29)24(30)22-7-4-14-31-22/h2-9,14H,10-13,16H2,1H3. The van der Waals surface area contributed by atoms with Crippen LogP contribution in [0.3, 0.4) is 0 Å². The van der Waals surface area contributed by atoms with Crippen LogP contribution in [0.5, 0.6) is 5.75 Å². The normalized spacial score (nSPS) is 13.6. The molecule has 3 aromatic heterocycles. The quantitative estimate of drug-likeness (QED) is 0.422. The molecule has 5 rings (SSSR count). The van der Waals surface area contributed by atoms with Crippen LogP contribution in [0, 0.1) is 18.3 Å². The Balaban J connectivity index is 1.26.